The summed E-state index contributed by atoms with van der Waals surface area (Å²) in [6, 6.07) is 7.75. The molecule has 3 rings (SSSR count). The molecule has 2 heterocycles. The zero-order valence-electron chi connectivity index (χ0n) is 11.5. The molecule has 0 radical (unpaired) electrons. The number of rotatable bonds is 5. The maximum Gasteiger partial charge on any atom is 0.248 e. The summed E-state index contributed by atoms with van der Waals surface area (Å²) in [5.41, 5.74) is 0.889. The molecule has 0 amide bonds. The van der Waals surface area contributed by atoms with Crippen molar-refractivity contribution in [2.45, 2.75) is 13.1 Å². The SMILES string of the molecule is Cn1ccnc1CNCc1nnc(-c2ccccc2Br)o1. The lowest BCUT2D eigenvalue weighted by atomic mass is 10.2. The molecule has 0 bridgehead atoms. The molecule has 0 saturated heterocycles. The molecule has 0 unspecified atom stereocenters. The number of aryl methyl sites for hydroxylation is 1. The van der Waals surface area contributed by atoms with Gasteiger partial charge in [0.1, 0.15) is 5.82 Å². The molecule has 3 aromatic rings. The minimum Gasteiger partial charge on any atom is -0.419 e. The van der Waals surface area contributed by atoms with Crippen LogP contribution < -0.4 is 5.32 Å². The van der Waals surface area contributed by atoms with E-state index in [4.69, 9.17) is 4.42 Å². The average molecular weight is 348 g/mol. The third-order valence-electron chi connectivity index (χ3n) is 3.05. The molecule has 0 saturated carbocycles. The fourth-order valence-corrected chi connectivity index (χ4v) is 2.37. The van der Waals surface area contributed by atoms with E-state index in [-0.39, 0.29) is 0 Å². The highest BCUT2D eigenvalue weighted by Crippen LogP contribution is 2.26. The molecule has 0 aliphatic heterocycles. The molecule has 1 aromatic carbocycles. The van der Waals surface area contributed by atoms with Crippen LogP contribution in [0.25, 0.3) is 11.5 Å². The summed E-state index contributed by atoms with van der Waals surface area (Å²) in [5.74, 6) is 2.02. The third kappa shape index (κ3) is 3.20. The number of aromatic nitrogens is 4. The first kappa shape index (κ1) is 14.0. The van der Waals surface area contributed by atoms with Crippen molar-refractivity contribution in [3.8, 4) is 11.5 Å². The molecule has 7 heteroatoms. The van der Waals surface area contributed by atoms with Crippen LogP contribution in [0.4, 0.5) is 0 Å². The van der Waals surface area contributed by atoms with Gasteiger partial charge in [0, 0.05) is 23.9 Å². The van der Waals surface area contributed by atoms with Crippen molar-refractivity contribution in [2.75, 3.05) is 0 Å². The van der Waals surface area contributed by atoms with Crippen LogP contribution in [0, 0.1) is 0 Å². The van der Waals surface area contributed by atoms with Gasteiger partial charge < -0.3 is 14.3 Å². The van der Waals surface area contributed by atoms with E-state index >= 15 is 0 Å². The van der Waals surface area contributed by atoms with E-state index in [9.17, 15) is 0 Å². The lowest BCUT2D eigenvalue weighted by Gasteiger charge is -2.02. The smallest absolute Gasteiger partial charge is 0.248 e. The maximum absolute atomic E-state index is 5.66. The van der Waals surface area contributed by atoms with Gasteiger partial charge in [-0.25, -0.2) is 4.98 Å². The Morgan fingerprint density at radius 1 is 1.24 bits per heavy atom. The van der Waals surface area contributed by atoms with Crippen LogP contribution in [0.3, 0.4) is 0 Å². The normalized spacial score (nSPS) is 11.0. The molecule has 0 aliphatic rings. The standard InChI is InChI=1S/C14H14BrN5O/c1-20-7-6-17-12(20)8-16-9-13-18-19-14(21-13)10-4-2-3-5-11(10)15/h2-7,16H,8-9H2,1H3. The number of hydrogen-bond acceptors (Lipinski definition) is 5. The Bertz CT molecular complexity index is 736. The van der Waals surface area contributed by atoms with Crippen molar-refractivity contribution >= 4 is 15.9 Å². The second kappa shape index (κ2) is 6.19. The topological polar surface area (TPSA) is 68.8 Å². The van der Waals surface area contributed by atoms with Crippen LogP contribution in [0.1, 0.15) is 11.7 Å². The third-order valence-corrected chi connectivity index (χ3v) is 3.74. The van der Waals surface area contributed by atoms with Crippen LogP contribution in [-0.4, -0.2) is 19.7 Å². The number of nitrogens with zero attached hydrogens (tertiary/aromatic N) is 4. The van der Waals surface area contributed by atoms with E-state index in [0.29, 0.717) is 24.9 Å². The minimum absolute atomic E-state index is 0.504. The van der Waals surface area contributed by atoms with Crippen molar-refractivity contribution in [3.05, 3.63) is 52.8 Å². The van der Waals surface area contributed by atoms with Gasteiger partial charge in [0.2, 0.25) is 11.8 Å². The molecule has 0 atom stereocenters. The highest BCUT2D eigenvalue weighted by Gasteiger charge is 2.11. The maximum atomic E-state index is 5.66. The lowest BCUT2D eigenvalue weighted by molar-refractivity contribution is 0.472. The molecule has 6 nitrogen and oxygen atoms in total. The second-order valence-corrected chi connectivity index (χ2v) is 5.39. The van der Waals surface area contributed by atoms with Crippen LogP contribution in [0.15, 0.2) is 45.5 Å². The quantitative estimate of drug-likeness (QED) is 0.767. The number of imidazole rings is 1. The summed E-state index contributed by atoms with van der Waals surface area (Å²) >= 11 is 3.47. The van der Waals surface area contributed by atoms with Gasteiger partial charge in [0.05, 0.1) is 18.7 Å². The zero-order chi connectivity index (χ0) is 14.7. The van der Waals surface area contributed by atoms with Crippen LogP contribution in [0.2, 0.25) is 0 Å². The first-order valence-electron chi connectivity index (χ1n) is 6.48. The van der Waals surface area contributed by atoms with E-state index in [1.165, 1.54) is 0 Å². The Hall–Kier alpha value is -1.99. The Labute approximate surface area is 130 Å². The van der Waals surface area contributed by atoms with Gasteiger partial charge in [-0.3, -0.25) is 0 Å². The van der Waals surface area contributed by atoms with E-state index < -0.39 is 0 Å². The van der Waals surface area contributed by atoms with Crippen LogP contribution in [0.5, 0.6) is 0 Å². The van der Waals surface area contributed by atoms with Crippen molar-refractivity contribution in [2.24, 2.45) is 7.05 Å². The summed E-state index contributed by atoms with van der Waals surface area (Å²) < 4.78 is 8.56. The zero-order valence-corrected chi connectivity index (χ0v) is 13.0. The molecular weight excluding hydrogens is 334 g/mol. The fraction of sp³-hybridized carbons (Fsp3) is 0.214. The predicted octanol–water partition coefficient (Wildman–Crippen LogP) is 2.52. The molecular formula is C14H14BrN5O. The van der Waals surface area contributed by atoms with Gasteiger partial charge in [-0.1, -0.05) is 12.1 Å². The molecule has 1 N–H and O–H groups in total. The molecule has 21 heavy (non-hydrogen) atoms. The summed E-state index contributed by atoms with van der Waals surface area (Å²) in [7, 11) is 1.96. The van der Waals surface area contributed by atoms with E-state index in [0.717, 1.165) is 15.9 Å². The highest BCUT2D eigenvalue weighted by atomic mass is 79.9. The van der Waals surface area contributed by atoms with Gasteiger partial charge in [-0.15, -0.1) is 10.2 Å². The van der Waals surface area contributed by atoms with Gasteiger partial charge in [0.15, 0.2) is 0 Å². The Balaban J connectivity index is 1.63. The van der Waals surface area contributed by atoms with Crippen molar-refractivity contribution < 1.29 is 4.42 Å². The van der Waals surface area contributed by atoms with Crippen LogP contribution in [-0.2, 0) is 20.1 Å². The number of hydrogen-bond donors (Lipinski definition) is 1. The van der Waals surface area contributed by atoms with Crippen molar-refractivity contribution in [1.82, 2.24) is 25.1 Å². The summed E-state index contributed by atoms with van der Waals surface area (Å²) in [6.45, 7) is 1.15. The Kier molecular flexibility index (Phi) is 4.12. The molecule has 0 fully saturated rings. The first-order chi connectivity index (χ1) is 10.2. The van der Waals surface area contributed by atoms with E-state index in [1.54, 1.807) is 6.20 Å². The van der Waals surface area contributed by atoms with Gasteiger partial charge in [-0.2, -0.15) is 0 Å². The highest BCUT2D eigenvalue weighted by molar-refractivity contribution is 9.10. The number of halogens is 1. The van der Waals surface area contributed by atoms with Gasteiger partial charge in [-0.05, 0) is 28.1 Å². The molecule has 108 valence electrons. The van der Waals surface area contributed by atoms with Gasteiger partial charge >= 0.3 is 0 Å². The van der Waals surface area contributed by atoms with E-state index in [1.807, 2.05) is 42.1 Å². The Morgan fingerprint density at radius 3 is 2.86 bits per heavy atom. The van der Waals surface area contributed by atoms with E-state index in [2.05, 4.69) is 36.4 Å². The molecule has 0 spiro atoms. The fourth-order valence-electron chi connectivity index (χ4n) is 1.92. The lowest BCUT2D eigenvalue weighted by Crippen LogP contribution is -2.15. The summed E-state index contributed by atoms with van der Waals surface area (Å²) in [5, 5.41) is 11.4. The number of benzene rings is 1. The second-order valence-electron chi connectivity index (χ2n) is 4.54. The summed E-state index contributed by atoms with van der Waals surface area (Å²) in [6.07, 6.45) is 3.68. The Morgan fingerprint density at radius 2 is 2.10 bits per heavy atom. The largest absolute Gasteiger partial charge is 0.419 e. The summed E-state index contributed by atoms with van der Waals surface area (Å²) in [4.78, 5) is 4.24. The molecule has 2 aromatic heterocycles. The van der Waals surface area contributed by atoms with Crippen molar-refractivity contribution in [3.63, 3.8) is 0 Å². The number of nitrogens with one attached hydrogen (secondary N) is 1. The minimum atomic E-state index is 0.504. The monoisotopic (exact) mass is 347 g/mol. The molecule has 0 aliphatic carbocycles. The average Bonchev–Trinajstić information content (AvgIpc) is 3.10. The van der Waals surface area contributed by atoms with Crippen molar-refractivity contribution in [1.29, 1.82) is 0 Å². The predicted molar refractivity (Wildman–Crippen MR) is 81.2 cm³/mol. The van der Waals surface area contributed by atoms with Crippen LogP contribution >= 0.6 is 15.9 Å². The van der Waals surface area contributed by atoms with Gasteiger partial charge in [0.25, 0.3) is 0 Å². The first-order valence-corrected chi connectivity index (χ1v) is 7.27.